The summed E-state index contributed by atoms with van der Waals surface area (Å²) in [6, 6.07) is 13.0. The molecule has 1 unspecified atom stereocenters. The molecule has 0 bridgehead atoms. The molecule has 3 amide bonds. The second-order valence-corrected chi connectivity index (χ2v) is 7.43. The molecule has 1 atom stereocenters. The zero-order valence-corrected chi connectivity index (χ0v) is 16.7. The number of carbonyl (C=O) groups excluding carboxylic acids is 2. The number of nitrogens with zero attached hydrogens (tertiary/aromatic N) is 1. The van der Waals surface area contributed by atoms with Gasteiger partial charge < -0.3 is 16.0 Å². The molecule has 0 spiro atoms. The van der Waals surface area contributed by atoms with Crippen molar-refractivity contribution in [2.24, 2.45) is 0 Å². The van der Waals surface area contributed by atoms with Crippen molar-refractivity contribution in [3.8, 4) is 0 Å². The Kier molecular flexibility index (Phi) is 7.43. The number of rotatable bonds is 6. The summed E-state index contributed by atoms with van der Waals surface area (Å²) < 4.78 is 13.8. The second kappa shape index (κ2) is 10.2. The van der Waals surface area contributed by atoms with Crippen LogP contribution in [0.2, 0.25) is 5.02 Å². The van der Waals surface area contributed by atoms with Crippen molar-refractivity contribution in [1.82, 2.24) is 10.2 Å². The van der Waals surface area contributed by atoms with Crippen LogP contribution in [-0.2, 0) is 4.79 Å². The monoisotopic (exact) mass is 418 g/mol. The number of hydrogen-bond acceptors (Lipinski definition) is 3. The van der Waals surface area contributed by atoms with Gasteiger partial charge in [0.25, 0.3) is 0 Å². The first-order chi connectivity index (χ1) is 14.0. The maximum Gasteiger partial charge on any atom is 0.319 e. The van der Waals surface area contributed by atoms with E-state index in [-0.39, 0.29) is 30.2 Å². The van der Waals surface area contributed by atoms with Crippen molar-refractivity contribution < 1.29 is 14.0 Å². The van der Waals surface area contributed by atoms with Crippen molar-refractivity contribution in [1.29, 1.82) is 0 Å². The first-order valence-electron chi connectivity index (χ1n) is 9.60. The van der Waals surface area contributed by atoms with E-state index in [1.807, 2.05) is 35.2 Å². The van der Waals surface area contributed by atoms with Crippen molar-refractivity contribution in [2.45, 2.75) is 25.3 Å². The van der Waals surface area contributed by atoms with Crippen molar-refractivity contribution in [2.75, 3.05) is 30.3 Å². The number of carbonyl (C=O) groups is 2. The Morgan fingerprint density at radius 2 is 1.90 bits per heavy atom. The van der Waals surface area contributed by atoms with E-state index >= 15 is 0 Å². The van der Waals surface area contributed by atoms with Gasteiger partial charge in [0.2, 0.25) is 5.91 Å². The highest BCUT2D eigenvalue weighted by atomic mass is 35.5. The summed E-state index contributed by atoms with van der Waals surface area (Å²) in [6.07, 6.45) is 2.89. The molecule has 1 heterocycles. The van der Waals surface area contributed by atoms with Crippen LogP contribution in [0.3, 0.4) is 0 Å². The smallest absolute Gasteiger partial charge is 0.319 e. The van der Waals surface area contributed by atoms with Crippen LogP contribution in [0.5, 0.6) is 0 Å². The number of piperidine rings is 1. The first kappa shape index (κ1) is 21.1. The normalized spacial score (nSPS) is 16.8. The maximum absolute atomic E-state index is 13.8. The van der Waals surface area contributed by atoms with E-state index in [0.717, 1.165) is 25.8 Å². The highest BCUT2D eigenvalue weighted by Crippen LogP contribution is 2.20. The molecule has 2 aromatic rings. The van der Waals surface area contributed by atoms with Crippen LogP contribution < -0.4 is 16.0 Å². The SMILES string of the molecule is O=C(CN1CCCCC1CNC(=O)Nc1ccccc1)Nc1cc(Cl)ccc1F. The lowest BCUT2D eigenvalue weighted by atomic mass is 10.0. The number of halogens is 2. The molecule has 1 aliphatic rings. The molecular weight excluding hydrogens is 395 g/mol. The highest BCUT2D eigenvalue weighted by Gasteiger charge is 2.25. The van der Waals surface area contributed by atoms with Crippen LogP contribution in [0.15, 0.2) is 48.5 Å². The average molecular weight is 419 g/mol. The highest BCUT2D eigenvalue weighted by molar-refractivity contribution is 6.30. The predicted octanol–water partition coefficient (Wildman–Crippen LogP) is 4.09. The molecule has 1 saturated heterocycles. The number of urea groups is 1. The van der Waals surface area contributed by atoms with Crippen molar-refractivity contribution >= 4 is 34.9 Å². The lowest BCUT2D eigenvalue weighted by Gasteiger charge is -2.35. The largest absolute Gasteiger partial charge is 0.336 e. The molecule has 2 aromatic carbocycles. The standard InChI is InChI=1S/C21H24ClFN4O2/c22-15-9-10-18(23)19(12-15)26-20(28)14-27-11-5-4-8-17(27)13-24-21(29)25-16-6-2-1-3-7-16/h1-3,6-7,9-10,12,17H,4-5,8,11,13-14H2,(H,26,28)(H2,24,25,29). The Bertz CT molecular complexity index is 850. The molecule has 0 aromatic heterocycles. The third-order valence-electron chi connectivity index (χ3n) is 4.83. The third-order valence-corrected chi connectivity index (χ3v) is 5.06. The minimum absolute atomic E-state index is 0.0419. The molecule has 0 radical (unpaired) electrons. The van der Waals surface area contributed by atoms with Crippen LogP contribution in [-0.4, -0.2) is 42.5 Å². The number of likely N-dealkylation sites (tertiary alicyclic amines) is 1. The van der Waals surface area contributed by atoms with E-state index < -0.39 is 5.82 Å². The van der Waals surface area contributed by atoms with Crippen molar-refractivity contribution in [3.63, 3.8) is 0 Å². The Labute approximate surface area is 174 Å². The number of anilines is 2. The van der Waals surface area contributed by atoms with Gasteiger partial charge in [-0.05, 0) is 49.7 Å². The second-order valence-electron chi connectivity index (χ2n) is 6.99. The van der Waals surface area contributed by atoms with Gasteiger partial charge >= 0.3 is 6.03 Å². The number of benzene rings is 2. The molecule has 154 valence electrons. The van der Waals surface area contributed by atoms with Crippen molar-refractivity contribution in [3.05, 3.63) is 59.4 Å². The average Bonchev–Trinajstić information content (AvgIpc) is 2.71. The van der Waals surface area contributed by atoms with Crippen LogP contribution >= 0.6 is 11.6 Å². The van der Waals surface area contributed by atoms with E-state index in [9.17, 15) is 14.0 Å². The summed E-state index contributed by atoms with van der Waals surface area (Å²) in [5, 5.41) is 8.58. The summed E-state index contributed by atoms with van der Waals surface area (Å²) >= 11 is 5.87. The quantitative estimate of drug-likeness (QED) is 0.661. The summed E-state index contributed by atoms with van der Waals surface area (Å²) in [6.45, 7) is 1.30. The fraction of sp³-hybridized carbons (Fsp3) is 0.333. The molecule has 29 heavy (non-hydrogen) atoms. The molecule has 3 N–H and O–H groups in total. The Balaban J connectivity index is 1.51. The zero-order chi connectivity index (χ0) is 20.6. The molecule has 3 rings (SSSR count). The summed E-state index contributed by atoms with van der Waals surface area (Å²) in [5.74, 6) is -0.844. The molecule has 6 nitrogen and oxygen atoms in total. The number of para-hydroxylation sites is 1. The van der Waals surface area contributed by atoms with E-state index in [2.05, 4.69) is 16.0 Å². The summed E-state index contributed by atoms with van der Waals surface area (Å²) in [7, 11) is 0. The minimum Gasteiger partial charge on any atom is -0.336 e. The fourth-order valence-electron chi connectivity index (χ4n) is 3.37. The summed E-state index contributed by atoms with van der Waals surface area (Å²) in [5.41, 5.74) is 0.782. The maximum atomic E-state index is 13.8. The van der Waals surface area contributed by atoms with E-state index in [1.54, 1.807) is 0 Å². The van der Waals surface area contributed by atoms with Gasteiger partial charge in [-0.25, -0.2) is 9.18 Å². The molecular formula is C21H24ClFN4O2. The van der Waals surface area contributed by atoms with E-state index in [1.165, 1.54) is 18.2 Å². The van der Waals surface area contributed by atoms with Gasteiger partial charge in [0.05, 0.1) is 12.2 Å². The number of hydrogen-bond donors (Lipinski definition) is 3. The van der Waals surface area contributed by atoms with Gasteiger partial charge in [-0.15, -0.1) is 0 Å². The first-order valence-corrected chi connectivity index (χ1v) is 9.98. The Morgan fingerprint density at radius 1 is 1.10 bits per heavy atom. The third kappa shape index (κ3) is 6.44. The molecule has 0 aliphatic carbocycles. The molecule has 0 saturated carbocycles. The Morgan fingerprint density at radius 3 is 2.69 bits per heavy atom. The zero-order valence-electron chi connectivity index (χ0n) is 16.0. The van der Waals surface area contributed by atoms with Gasteiger partial charge in [-0.1, -0.05) is 36.2 Å². The predicted molar refractivity (Wildman–Crippen MR) is 113 cm³/mol. The van der Waals surface area contributed by atoms with Crippen LogP contribution in [0, 0.1) is 5.82 Å². The lowest BCUT2D eigenvalue weighted by Crippen LogP contribution is -2.49. The topological polar surface area (TPSA) is 73.5 Å². The van der Waals surface area contributed by atoms with Gasteiger partial charge in [0.1, 0.15) is 5.82 Å². The lowest BCUT2D eigenvalue weighted by molar-refractivity contribution is -0.118. The van der Waals surface area contributed by atoms with E-state index in [0.29, 0.717) is 17.3 Å². The van der Waals surface area contributed by atoms with Gasteiger partial charge in [-0.3, -0.25) is 9.69 Å². The number of amides is 3. The summed E-state index contributed by atoms with van der Waals surface area (Å²) in [4.78, 5) is 26.5. The Hall–Kier alpha value is -2.64. The van der Waals surface area contributed by atoms with Gasteiger partial charge in [0, 0.05) is 23.3 Å². The van der Waals surface area contributed by atoms with Gasteiger partial charge in [0.15, 0.2) is 0 Å². The minimum atomic E-state index is -0.530. The molecule has 1 fully saturated rings. The fourth-order valence-corrected chi connectivity index (χ4v) is 3.55. The van der Waals surface area contributed by atoms with Crippen LogP contribution in [0.1, 0.15) is 19.3 Å². The molecule has 1 aliphatic heterocycles. The molecule has 8 heteroatoms. The number of nitrogens with one attached hydrogen (secondary N) is 3. The van der Waals surface area contributed by atoms with Crippen LogP contribution in [0.25, 0.3) is 0 Å². The van der Waals surface area contributed by atoms with E-state index in [4.69, 9.17) is 11.6 Å². The van der Waals surface area contributed by atoms with Crippen LogP contribution in [0.4, 0.5) is 20.6 Å². The van der Waals surface area contributed by atoms with Gasteiger partial charge in [-0.2, -0.15) is 0 Å².